The van der Waals surface area contributed by atoms with E-state index in [9.17, 15) is 5.11 Å². The minimum atomic E-state index is 0.243. The van der Waals surface area contributed by atoms with Crippen LogP contribution in [0, 0.1) is 11.8 Å². The van der Waals surface area contributed by atoms with Gasteiger partial charge in [0.15, 0.2) is 0 Å². The topological polar surface area (TPSA) is 39.3 Å². The third-order valence-electron chi connectivity index (χ3n) is 6.39. The maximum absolute atomic E-state index is 9.75. The van der Waals surface area contributed by atoms with Gasteiger partial charge in [-0.05, 0) is 54.7 Å². The van der Waals surface area contributed by atoms with Gasteiger partial charge in [-0.2, -0.15) is 0 Å². The molecular formula is C20H24N2O. The van der Waals surface area contributed by atoms with E-state index < -0.39 is 0 Å². The molecule has 3 aliphatic rings. The Morgan fingerprint density at radius 3 is 3.09 bits per heavy atom. The molecule has 1 unspecified atom stereocenters. The molecule has 3 atom stereocenters. The lowest BCUT2D eigenvalue weighted by Gasteiger charge is -2.48. The number of aromatic nitrogens is 1. The van der Waals surface area contributed by atoms with Gasteiger partial charge in [-0.15, -0.1) is 0 Å². The number of hydrogen-bond donors (Lipinski definition) is 2. The number of piperidine rings is 1. The summed E-state index contributed by atoms with van der Waals surface area (Å²) in [6, 6.07) is 9.22. The van der Waals surface area contributed by atoms with E-state index in [1.807, 2.05) is 0 Å². The Hall–Kier alpha value is -1.58. The molecule has 1 fully saturated rings. The first-order chi connectivity index (χ1) is 11.3. The van der Waals surface area contributed by atoms with Crippen LogP contribution >= 0.6 is 0 Å². The van der Waals surface area contributed by atoms with Crippen LogP contribution in [-0.4, -0.2) is 34.7 Å². The number of allylic oxidation sites excluding steroid dienone is 1. The molecule has 1 aromatic heterocycles. The first kappa shape index (κ1) is 13.8. The van der Waals surface area contributed by atoms with Crippen molar-refractivity contribution in [2.24, 2.45) is 11.8 Å². The van der Waals surface area contributed by atoms with Crippen molar-refractivity contribution in [3.8, 4) is 0 Å². The van der Waals surface area contributed by atoms with E-state index in [1.54, 1.807) is 0 Å². The molecule has 0 saturated carbocycles. The fraction of sp³-hybridized carbons (Fsp3) is 0.500. The number of rotatable bonds is 1. The summed E-state index contributed by atoms with van der Waals surface area (Å²) in [6.07, 6.45) is 7.06. The molecule has 2 N–H and O–H groups in total. The fourth-order valence-corrected chi connectivity index (χ4v) is 5.28. The number of para-hydroxylation sites is 1. The Morgan fingerprint density at radius 1 is 1.26 bits per heavy atom. The lowest BCUT2D eigenvalue weighted by molar-refractivity contribution is 0.0539. The molecule has 3 heteroatoms. The van der Waals surface area contributed by atoms with Gasteiger partial charge in [0.2, 0.25) is 0 Å². The van der Waals surface area contributed by atoms with E-state index in [2.05, 4.69) is 40.2 Å². The van der Waals surface area contributed by atoms with E-state index in [0.717, 1.165) is 25.2 Å². The highest BCUT2D eigenvalue weighted by Crippen LogP contribution is 2.47. The number of nitrogens with zero attached hydrogens (tertiary/aromatic N) is 1. The van der Waals surface area contributed by atoms with E-state index in [1.165, 1.54) is 47.2 Å². The molecule has 1 aliphatic carbocycles. The molecule has 3 nitrogen and oxygen atoms in total. The van der Waals surface area contributed by atoms with Crippen molar-refractivity contribution < 1.29 is 5.11 Å². The van der Waals surface area contributed by atoms with Crippen LogP contribution in [0.25, 0.3) is 10.9 Å². The Kier molecular flexibility index (Phi) is 3.14. The highest BCUT2D eigenvalue weighted by Gasteiger charge is 2.41. The first-order valence-electron chi connectivity index (χ1n) is 8.98. The normalized spacial score (nSPS) is 30.5. The Morgan fingerprint density at radius 2 is 2.17 bits per heavy atom. The molecule has 120 valence electrons. The van der Waals surface area contributed by atoms with E-state index >= 15 is 0 Å². The van der Waals surface area contributed by atoms with E-state index in [4.69, 9.17) is 0 Å². The standard InChI is InChI=1S/C20H24N2O/c23-12-14-5-3-4-13-11-22-9-8-16-15-6-1-2-7-18(15)21-20(16)19(22)10-17(13)14/h1-2,5-7,13,17,19,21,23H,3-4,8-12H2/t13?,17-,19-/m0/s1. The van der Waals surface area contributed by atoms with Crippen molar-refractivity contribution in [2.45, 2.75) is 31.7 Å². The molecule has 3 heterocycles. The molecule has 5 rings (SSSR count). The summed E-state index contributed by atoms with van der Waals surface area (Å²) in [5.74, 6) is 1.32. The lowest BCUT2D eigenvalue weighted by atomic mass is 9.70. The van der Waals surface area contributed by atoms with Crippen LogP contribution in [0.3, 0.4) is 0 Å². The van der Waals surface area contributed by atoms with Crippen LogP contribution in [-0.2, 0) is 6.42 Å². The number of benzene rings is 1. The van der Waals surface area contributed by atoms with Crippen molar-refractivity contribution in [3.63, 3.8) is 0 Å². The van der Waals surface area contributed by atoms with Gasteiger partial charge in [0.25, 0.3) is 0 Å². The summed E-state index contributed by atoms with van der Waals surface area (Å²) < 4.78 is 0. The average molecular weight is 308 g/mol. The van der Waals surface area contributed by atoms with Gasteiger partial charge in [-0.25, -0.2) is 0 Å². The second-order valence-electron chi connectivity index (χ2n) is 7.44. The fourth-order valence-electron chi connectivity index (χ4n) is 5.28. The third-order valence-corrected chi connectivity index (χ3v) is 6.39. The Bertz CT molecular complexity index is 775. The molecule has 0 radical (unpaired) electrons. The van der Waals surface area contributed by atoms with Crippen molar-refractivity contribution >= 4 is 10.9 Å². The molecule has 23 heavy (non-hydrogen) atoms. The van der Waals surface area contributed by atoms with E-state index in [0.29, 0.717) is 12.0 Å². The summed E-state index contributed by atoms with van der Waals surface area (Å²) in [4.78, 5) is 6.41. The van der Waals surface area contributed by atoms with Gasteiger partial charge in [0.1, 0.15) is 0 Å². The van der Waals surface area contributed by atoms with Crippen LogP contribution in [0.2, 0.25) is 0 Å². The molecule has 1 saturated heterocycles. The monoisotopic (exact) mass is 308 g/mol. The second-order valence-corrected chi connectivity index (χ2v) is 7.44. The van der Waals surface area contributed by atoms with Crippen LogP contribution in [0.15, 0.2) is 35.9 Å². The van der Waals surface area contributed by atoms with Crippen LogP contribution in [0.5, 0.6) is 0 Å². The number of aromatic amines is 1. The van der Waals surface area contributed by atoms with Crippen molar-refractivity contribution in [3.05, 3.63) is 47.2 Å². The predicted octanol–water partition coefficient (Wildman–Crippen LogP) is 3.42. The van der Waals surface area contributed by atoms with Gasteiger partial charge in [0.05, 0.1) is 12.6 Å². The van der Waals surface area contributed by atoms with Crippen LogP contribution < -0.4 is 0 Å². The van der Waals surface area contributed by atoms with Gasteiger partial charge in [0, 0.05) is 29.7 Å². The van der Waals surface area contributed by atoms with Gasteiger partial charge >= 0.3 is 0 Å². The van der Waals surface area contributed by atoms with E-state index in [-0.39, 0.29) is 6.61 Å². The molecule has 1 aromatic carbocycles. The lowest BCUT2D eigenvalue weighted by Crippen LogP contribution is -2.47. The number of fused-ring (bicyclic) bond motifs is 6. The molecular weight excluding hydrogens is 284 g/mol. The minimum Gasteiger partial charge on any atom is -0.392 e. The van der Waals surface area contributed by atoms with Gasteiger partial charge in [-0.1, -0.05) is 24.3 Å². The molecule has 0 bridgehead atoms. The number of aliphatic hydroxyl groups is 1. The maximum Gasteiger partial charge on any atom is 0.0644 e. The Balaban J connectivity index is 1.56. The summed E-state index contributed by atoms with van der Waals surface area (Å²) in [7, 11) is 0. The zero-order valence-corrected chi connectivity index (χ0v) is 13.5. The summed E-state index contributed by atoms with van der Waals surface area (Å²) >= 11 is 0. The molecule has 2 aliphatic heterocycles. The molecule has 2 aromatic rings. The predicted molar refractivity (Wildman–Crippen MR) is 92.3 cm³/mol. The van der Waals surface area contributed by atoms with Crippen LogP contribution in [0.4, 0.5) is 0 Å². The largest absolute Gasteiger partial charge is 0.392 e. The number of aliphatic hydroxyl groups excluding tert-OH is 1. The summed E-state index contributed by atoms with van der Waals surface area (Å²) in [6.45, 7) is 2.62. The number of H-pyrrole nitrogens is 1. The maximum atomic E-state index is 9.75. The third kappa shape index (κ3) is 2.03. The molecule has 0 amide bonds. The zero-order valence-electron chi connectivity index (χ0n) is 13.5. The SMILES string of the molecule is OCC1=CCCC2CN3CCc4c([nH]c5ccccc45)[C@@H]3C[C@H]12. The highest BCUT2D eigenvalue weighted by molar-refractivity contribution is 5.85. The quantitative estimate of drug-likeness (QED) is 0.792. The second kappa shape index (κ2) is 5.22. The summed E-state index contributed by atoms with van der Waals surface area (Å²) in [5.41, 5.74) is 5.55. The van der Waals surface area contributed by atoms with Crippen molar-refractivity contribution in [2.75, 3.05) is 19.7 Å². The minimum absolute atomic E-state index is 0.243. The smallest absolute Gasteiger partial charge is 0.0644 e. The highest BCUT2D eigenvalue weighted by atomic mass is 16.3. The number of nitrogens with one attached hydrogen (secondary N) is 1. The van der Waals surface area contributed by atoms with Crippen LogP contribution in [0.1, 0.15) is 36.6 Å². The summed E-state index contributed by atoms with van der Waals surface area (Å²) in [5, 5.41) is 11.2. The van der Waals surface area contributed by atoms with Gasteiger partial charge in [-0.3, -0.25) is 4.90 Å². The van der Waals surface area contributed by atoms with Crippen molar-refractivity contribution in [1.29, 1.82) is 0 Å². The number of hydrogen-bond acceptors (Lipinski definition) is 2. The first-order valence-corrected chi connectivity index (χ1v) is 8.98. The average Bonchev–Trinajstić information content (AvgIpc) is 2.98. The Labute approximate surface area is 137 Å². The van der Waals surface area contributed by atoms with Crippen molar-refractivity contribution in [1.82, 2.24) is 9.88 Å². The van der Waals surface area contributed by atoms with Gasteiger partial charge < -0.3 is 10.1 Å². The zero-order chi connectivity index (χ0) is 15.4. The molecule has 0 spiro atoms.